The highest BCUT2D eigenvalue weighted by molar-refractivity contribution is 5.95. The molecule has 4 aromatic rings. The first-order valence-corrected chi connectivity index (χ1v) is 17.5. The lowest BCUT2D eigenvalue weighted by molar-refractivity contribution is -0.137. The molecule has 2 amide bonds. The van der Waals surface area contributed by atoms with Crippen LogP contribution in [0.4, 0.5) is 18.9 Å². The van der Waals surface area contributed by atoms with Gasteiger partial charge < -0.3 is 20.2 Å². The summed E-state index contributed by atoms with van der Waals surface area (Å²) in [6.07, 6.45) is 6.26. The maximum Gasteiger partial charge on any atom is 0.416 e. The molecule has 5 aliphatic rings. The zero-order chi connectivity index (χ0) is 34.6. The van der Waals surface area contributed by atoms with E-state index in [0.717, 1.165) is 42.1 Å². The van der Waals surface area contributed by atoms with Crippen molar-refractivity contribution < 1.29 is 27.9 Å². The number of anilines is 1. The maximum atomic E-state index is 14.0. The number of carbonyl (C=O) groups is 2. The summed E-state index contributed by atoms with van der Waals surface area (Å²) in [5.41, 5.74) is 2.19. The van der Waals surface area contributed by atoms with Gasteiger partial charge in [-0.15, -0.1) is 0 Å². The number of hydrogen-bond donors (Lipinski definition) is 2. The number of piperazine rings is 1. The highest BCUT2D eigenvalue weighted by atomic mass is 19.4. The summed E-state index contributed by atoms with van der Waals surface area (Å²) in [5, 5.41) is 17.3. The molecule has 1 saturated heterocycles. The molecule has 0 atom stereocenters. The fourth-order valence-electron chi connectivity index (χ4n) is 9.38. The molecule has 0 spiro atoms. The van der Waals surface area contributed by atoms with E-state index in [1.807, 2.05) is 24.3 Å². The number of amides is 2. The van der Waals surface area contributed by atoms with Crippen LogP contribution in [-0.4, -0.2) is 64.3 Å². The normalized spacial score (nSPS) is 24.4. The first-order chi connectivity index (χ1) is 24.0. The van der Waals surface area contributed by atoms with Crippen LogP contribution in [-0.2, 0) is 6.18 Å². The molecule has 4 saturated carbocycles. The van der Waals surface area contributed by atoms with E-state index in [1.165, 1.54) is 67.6 Å². The monoisotopic (exact) mass is 683 g/mol. The van der Waals surface area contributed by atoms with Crippen molar-refractivity contribution >= 4 is 17.5 Å². The highest BCUT2D eigenvalue weighted by Crippen LogP contribution is 2.59. The van der Waals surface area contributed by atoms with E-state index < -0.39 is 17.6 Å². The van der Waals surface area contributed by atoms with Crippen molar-refractivity contribution in [3.05, 3.63) is 95.8 Å². The second kappa shape index (κ2) is 12.5. The number of nitrogens with one attached hydrogen (secondary N) is 1. The van der Waals surface area contributed by atoms with E-state index in [9.17, 15) is 27.9 Å². The molecular weight excluding hydrogens is 643 g/mol. The van der Waals surface area contributed by atoms with Crippen LogP contribution < -0.4 is 10.2 Å². The molecule has 4 bridgehead atoms. The molecule has 5 fully saturated rings. The number of alkyl halides is 3. The Hall–Kier alpha value is -4.80. The predicted octanol–water partition coefficient (Wildman–Crippen LogP) is 7.17. The SMILES string of the molecule is O=C(NCC12CC3CC(CC(C3)C1)C2)c1ccc(N2CCN(C(=O)c3cc(-n4cc(-c5cccc(O)c5)cn4)cc(C(F)(F)F)c3)CC2)cc1. The number of benzene rings is 3. The fourth-order valence-corrected chi connectivity index (χ4v) is 9.38. The number of carbonyl (C=O) groups excluding carboxylic acids is 2. The van der Waals surface area contributed by atoms with Gasteiger partial charge in [0, 0.05) is 61.3 Å². The maximum absolute atomic E-state index is 14.0. The van der Waals surface area contributed by atoms with Crippen molar-refractivity contribution in [3.8, 4) is 22.6 Å². The van der Waals surface area contributed by atoms with E-state index in [1.54, 1.807) is 23.2 Å². The fraction of sp³-hybridized carbons (Fsp3) is 0.410. The van der Waals surface area contributed by atoms with Gasteiger partial charge >= 0.3 is 6.18 Å². The molecule has 1 aromatic heterocycles. The molecule has 2 heterocycles. The summed E-state index contributed by atoms with van der Waals surface area (Å²) < 4.78 is 43.2. The third kappa shape index (κ3) is 6.45. The van der Waals surface area contributed by atoms with Gasteiger partial charge in [0.15, 0.2) is 0 Å². The third-order valence-electron chi connectivity index (χ3n) is 11.4. The second-order valence-electron chi connectivity index (χ2n) is 14.9. The average Bonchev–Trinajstić information content (AvgIpc) is 3.60. The summed E-state index contributed by atoms with van der Waals surface area (Å²) in [6, 6.07) is 17.3. The lowest BCUT2D eigenvalue weighted by Crippen LogP contribution is -2.51. The van der Waals surface area contributed by atoms with Gasteiger partial charge in [-0.3, -0.25) is 9.59 Å². The number of phenolic OH excluding ortho intramolecular Hbond substituents is 1. The summed E-state index contributed by atoms with van der Waals surface area (Å²) in [7, 11) is 0. The van der Waals surface area contributed by atoms with Crippen LogP contribution in [0.25, 0.3) is 16.8 Å². The highest BCUT2D eigenvalue weighted by Gasteiger charge is 2.50. The van der Waals surface area contributed by atoms with Crippen LogP contribution in [0.2, 0.25) is 0 Å². The molecule has 1 aliphatic heterocycles. The molecule has 4 aliphatic carbocycles. The van der Waals surface area contributed by atoms with Gasteiger partial charge in [0.1, 0.15) is 5.75 Å². The molecule has 9 rings (SSSR count). The molecule has 2 N–H and O–H groups in total. The Morgan fingerprint density at radius 3 is 2.14 bits per heavy atom. The Morgan fingerprint density at radius 1 is 0.820 bits per heavy atom. The van der Waals surface area contributed by atoms with Gasteiger partial charge in [-0.1, -0.05) is 12.1 Å². The molecular formula is C39H40F3N5O3. The lowest BCUT2D eigenvalue weighted by atomic mass is 9.49. The van der Waals surface area contributed by atoms with Gasteiger partial charge in [0.2, 0.25) is 0 Å². The van der Waals surface area contributed by atoms with Crippen molar-refractivity contribution in [2.45, 2.75) is 44.7 Å². The number of hydrogen-bond acceptors (Lipinski definition) is 5. The van der Waals surface area contributed by atoms with Crippen LogP contribution in [0.15, 0.2) is 79.1 Å². The van der Waals surface area contributed by atoms with Gasteiger partial charge in [-0.05, 0) is 122 Å². The number of phenols is 1. The van der Waals surface area contributed by atoms with Crippen molar-refractivity contribution in [3.63, 3.8) is 0 Å². The Labute approximate surface area is 288 Å². The predicted molar refractivity (Wildman–Crippen MR) is 183 cm³/mol. The van der Waals surface area contributed by atoms with Crippen LogP contribution in [0, 0.1) is 23.2 Å². The van der Waals surface area contributed by atoms with Gasteiger partial charge in [-0.25, -0.2) is 4.68 Å². The number of rotatable bonds is 7. The van der Waals surface area contributed by atoms with Crippen LogP contribution in [0.5, 0.6) is 5.75 Å². The van der Waals surface area contributed by atoms with Crippen molar-refractivity contribution in [2.75, 3.05) is 37.6 Å². The van der Waals surface area contributed by atoms with Gasteiger partial charge in [-0.2, -0.15) is 18.3 Å². The average molecular weight is 684 g/mol. The number of nitrogens with zero attached hydrogens (tertiary/aromatic N) is 4. The van der Waals surface area contributed by atoms with Gasteiger partial charge in [0.05, 0.1) is 17.4 Å². The number of aromatic nitrogens is 2. The minimum Gasteiger partial charge on any atom is -0.508 e. The van der Waals surface area contributed by atoms with E-state index in [-0.39, 0.29) is 28.3 Å². The topological polar surface area (TPSA) is 90.7 Å². The standard InChI is InChI=1S/C39H40F3N5O3/c40-39(41,42)32-15-30(16-34(18-32)47-23-31(22-44-47)29-2-1-3-35(48)17-29)37(50)46-10-8-45(9-11-46)33-6-4-28(5-7-33)36(49)43-24-38-19-25-12-26(20-38)14-27(13-25)21-38/h1-7,15-18,22-23,25-27,48H,8-14,19-21,24H2,(H,43,49). The lowest BCUT2D eigenvalue weighted by Gasteiger charge is -2.56. The Kier molecular flexibility index (Phi) is 8.11. The minimum absolute atomic E-state index is 0.0473. The van der Waals surface area contributed by atoms with E-state index in [2.05, 4.69) is 15.3 Å². The molecule has 50 heavy (non-hydrogen) atoms. The number of halogens is 3. The molecule has 0 radical (unpaired) electrons. The largest absolute Gasteiger partial charge is 0.508 e. The second-order valence-corrected chi connectivity index (χ2v) is 14.9. The first-order valence-electron chi connectivity index (χ1n) is 17.5. The molecule has 3 aromatic carbocycles. The van der Waals surface area contributed by atoms with Crippen molar-refractivity contribution in [1.82, 2.24) is 20.0 Å². The summed E-state index contributed by atoms with van der Waals surface area (Å²) in [6.45, 7) is 2.42. The summed E-state index contributed by atoms with van der Waals surface area (Å²) in [5.74, 6) is 2.04. The minimum atomic E-state index is -4.66. The van der Waals surface area contributed by atoms with Crippen LogP contribution in [0.1, 0.15) is 64.8 Å². The summed E-state index contributed by atoms with van der Waals surface area (Å²) in [4.78, 5) is 30.4. The smallest absolute Gasteiger partial charge is 0.416 e. The van der Waals surface area contributed by atoms with Crippen LogP contribution >= 0.6 is 0 Å². The van der Waals surface area contributed by atoms with Crippen molar-refractivity contribution in [2.24, 2.45) is 23.2 Å². The van der Waals surface area contributed by atoms with Crippen LogP contribution in [0.3, 0.4) is 0 Å². The van der Waals surface area contributed by atoms with Crippen molar-refractivity contribution in [1.29, 1.82) is 0 Å². The quantitative estimate of drug-likeness (QED) is 0.216. The molecule has 8 nitrogen and oxygen atoms in total. The molecule has 260 valence electrons. The van der Waals surface area contributed by atoms with E-state index >= 15 is 0 Å². The number of aromatic hydroxyl groups is 1. The zero-order valence-corrected chi connectivity index (χ0v) is 27.7. The third-order valence-corrected chi connectivity index (χ3v) is 11.4. The Morgan fingerprint density at radius 2 is 1.50 bits per heavy atom. The molecule has 11 heteroatoms. The van der Waals surface area contributed by atoms with E-state index in [0.29, 0.717) is 42.9 Å². The Bertz CT molecular complexity index is 1880. The summed E-state index contributed by atoms with van der Waals surface area (Å²) >= 11 is 0. The Balaban J connectivity index is 0.907. The van der Waals surface area contributed by atoms with E-state index in [4.69, 9.17) is 0 Å². The zero-order valence-electron chi connectivity index (χ0n) is 27.7. The first kappa shape index (κ1) is 32.4. The van der Waals surface area contributed by atoms with Gasteiger partial charge in [0.25, 0.3) is 11.8 Å². The molecule has 0 unspecified atom stereocenters.